The Bertz CT molecular complexity index is 716. The summed E-state index contributed by atoms with van der Waals surface area (Å²) in [6.45, 7) is 3.02. The van der Waals surface area contributed by atoms with Crippen LogP contribution in [0.1, 0.15) is 31.3 Å². The van der Waals surface area contributed by atoms with Gasteiger partial charge in [0.05, 0.1) is 6.26 Å². The summed E-state index contributed by atoms with van der Waals surface area (Å²) in [6.07, 6.45) is -4.08. The van der Waals surface area contributed by atoms with Gasteiger partial charge in [0, 0.05) is 20.8 Å². The molecule has 11 heteroatoms. The van der Waals surface area contributed by atoms with Crippen LogP contribution in [-0.2, 0) is 33.3 Å². The van der Waals surface area contributed by atoms with E-state index in [1.54, 1.807) is 0 Å². The topological polar surface area (TPSA) is 151 Å². The number of carbonyl (C=O) groups is 4. The molecule has 1 fully saturated rings. The molecule has 0 radical (unpaired) electrons. The molecule has 28 heavy (non-hydrogen) atoms. The Morgan fingerprint density at radius 1 is 1.07 bits per heavy atom. The third kappa shape index (κ3) is 5.54. The van der Waals surface area contributed by atoms with Crippen LogP contribution in [0.2, 0.25) is 0 Å². The summed E-state index contributed by atoms with van der Waals surface area (Å²) in [5.74, 6) is -2.88. The van der Waals surface area contributed by atoms with Crippen LogP contribution in [0.15, 0.2) is 22.8 Å². The second-order valence-corrected chi connectivity index (χ2v) is 5.99. The highest BCUT2D eigenvalue weighted by atomic mass is 16.7. The highest BCUT2D eigenvalue weighted by Crippen LogP contribution is 2.26. The average molecular weight is 399 g/mol. The number of hydrogen-bond acceptors (Lipinski definition) is 10. The van der Waals surface area contributed by atoms with Crippen LogP contribution < -0.4 is 5.32 Å². The molecule has 1 amide bonds. The number of aliphatic hydroxyl groups is 1. The zero-order valence-electron chi connectivity index (χ0n) is 15.4. The Labute approximate surface area is 159 Å². The summed E-state index contributed by atoms with van der Waals surface area (Å²) in [7, 11) is 0. The van der Waals surface area contributed by atoms with Crippen LogP contribution in [0.4, 0.5) is 0 Å². The highest BCUT2D eigenvalue weighted by Gasteiger charge is 2.50. The lowest BCUT2D eigenvalue weighted by molar-refractivity contribution is -0.263. The monoisotopic (exact) mass is 399 g/mol. The smallest absolute Gasteiger partial charge is 0.303 e. The minimum atomic E-state index is -1.66. The minimum absolute atomic E-state index is 0.0557. The third-order valence-electron chi connectivity index (χ3n) is 3.76. The van der Waals surface area contributed by atoms with Crippen molar-refractivity contribution in [3.8, 4) is 0 Å². The summed E-state index contributed by atoms with van der Waals surface area (Å²) in [5.41, 5.74) is 0. The summed E-state index contributed by atoms with van der Waals surface area (Å²) in [5, 5.41) is 12.8. The second kappa shape index (κ2) is 9.33. The van der Waals surface area contributed by atoms with E-state index in [0.29, 0.717) is 0 Å². The van der Waals surface area contributed by atoms with Gasteiger partial charge in [-0.05, 0) is 12.1 Å². The summed E-state index contributed by atoms with van der Waals surface area (Å²) < 4.78 is 25.6. The van der Waals surface area contributed by atoms with Crippen molar-refractivity contribution in [1.82, 2.24) is 5.32 Å². The number of furan rings is 1. The van der Waals surface area contributed by atoms with E-state index in [-0.39, 0.29) is 12.4 Å². The maximum atomic E-state index is 12.3. The Balaban J connectivity index is 2.29. The molecule has 0 aliphatic carbocycles. The van der Waals surface area contributed by atoms with Crippen molar-refractivity contribution in [1.29, 1.82) is 0 Å². The summed E-state index contributed by atoms with van der Waals surface area (Å²) in [6, 6.07) is 1.59. The molecule has 2 rings (SSSR count). The Morgan fingerprint density at radius 3 is 2.25 bits per heavy atom. The van der Waals surface area contributed by atoms with Crippen LogP contribution in [0, 0.1) is 0 Å². The van der Waals surface area contributed by atoms with E-state index in [0.717, 1.165) is 20.8 Å². The van der Waals surface area contributed by atoms with Gasteiger partial charge in [-0.3, -0.25) is 19.2 Å². The molecule has 0 saturated carbocycles. The molecule has 0 unspecified atom stereocenters. The zero-order chi connectivity index (χ0) is 20.8. The van der Waals surface area contributed by atoms with E-state index in [9.17, 15) is 24.3 Å². The summed E-state index contributed by atoms with van der Waals surface area (Å²) >= 11 is 0. The van der Waals surface area contributed by atoms with Crippen molar-refractivity contribution in [2.75, 3.05) is 6.61 Å². The number of amides is 1. The predicted molar refractivity (Wildman–Crippen MR) is 88.6 cm³/mol. The van der Waals surface area contributed by atoms with E-state index >= 15 is 0 Å². The molecule has 2 N–H and O–H groups in total. The fourth-order valence-electron chi connectivity index (χ4n) is 2.70. The van der Waals surface area contributed by atoms with Crippen LogP contribution >= 0.6 is 0 Å². The van der Waals surface area contributed by atoms with Gasteiger partial charge < -0.3 is 33.8 Å². The first-order valence-electron chi connectivity index (χ1n) is 8.34. The van der Waals surface area contributed by atoms with Gasteiger partial charge in [-0.2, -0.15) is 0 Å². The van der Waals surface area contributed by atoms with Gasteiger partial charge in [0.1, 0.15) is 18.8 Å². The zero-order valence-corrected chi connectivity index (χ0v) is 15.4. The Kier molecular flexibility index (Phi) is 7.12. The first-order chi connectivity index (χ1) is 13.2. The van der Waals surface area contributed by atoms with Gasteiger partial charge in [-0.1, -0.05) is 0 Å². The van der Waals surface area contributed by atoms with Crippen molar-refractivity contribution in [2.24, 2.45) is 0 Å². The molecule has 2 heterocycles. The van der Waals surface area contributed by atoms with E-state index in [2.05, 4.69) is 5.32 Å². The molecule has 1 aromatic rings. The third-order valence-corrected chi connectivity index (χ3v) is 3.76. The molecular weight excluding hydrogens is 378 g/mol. The van der Waals surface area contributed by atoms with E-state index in [4.69, 9.17) is 23.4 Å². The first kappa shape index (κ1) is 21.4. The molecule has 11 nitrogen and oxygen atoms in total. The van der Waals surface area contributed by atoms with Crippen LogP contribution in [0.25, 0.3) is 0 Å². The van der Waals surface area contributed by atoms with E-state index in [1.807, 2.05) is 0 Å². The molecular formula is C17H21NO10. The van der Waals surface area contributed by atoms with Gasteiger partial charge in [0.25, 0.3) is 5.91 Å². The lowest BCUT2D eigenvalue weighted by Crippen LogP contribution is -2.66. The van der Waals surface area contributed by atoms with Gasteiger partial charge in [-0.25, -0.2) is 0 Å². The molecule has 1 saturated heterocycles. The summed E-state index contributed by atoms with van der Waals surface area (Å²) in [4.78, 5) is 46.5. The maximum absolute atomic E-state index is 12.3. The van der Waals surface area contributed by atoms with Crippen LogP contribution in [0.3, 0.4) is 0 Å². The maximum Gasteiger partial charge on any atom is 0.303 e. The number of ether oxygens (including phenoxy) is 4. The normalized spacial score (nSPS) is 26.8. The lowest BCUT2D eigenvalue weighted by Gasteiger charge is -2.43. The molecule has 0 bridgehead atoms. The first-order valence-corrected chi connectivity index (χ1v) is 8.34. The van der Waals surface area contributed by atoms with Crippen LogP contribution in [-0.4, -0.2) is 66.2 Å². The number of rotatable bonds is 6. The van der Waals surface area contributed by atoms with Crippen molar-refractivity contribution >= 4 is 23.8 Å². The van der Waals surface area contributed by atoms with Crippen molar-refractivity contribution in [2.45, 2.75) is 51.4 Å². The SMILES string of the molecule is CC(=O)OC[C@H]1O[C@H](O)[C@H](NC(=O)c2ccco2)[C@@H](OC(C)=O)[C@@H]1OC(C)=O. The van der Waals surface area contributed by atoms with Gasteiger partial charge in [0.2, 0.25) is 0 Å². The fraction of sp³-hybridized carbons (Fsp3) is 0.529. The van der Waals surface area contributed by atoms with E-state index < -0.39 is 54.5 Å². The minimum Gasteiger partial charge on any atom is -0.463 e. The molecule has 1 aromatic heterocycles. The molecule has 1 aliphatic heterocycles. The average Bonchev–Trinajstić information content (AvgIpc) is 3.12. The Morgan fingerprint density at radius 2 is 1.71 bits per heavy atom. The van der Waals surface area contributed by atoms with Gasteiger partial charge in [-0.15, -0.1) is 0 Å². The van der Waals surface area contributed by atoms with Crippen molar-refractivity contribution in [3.05, 3.63) is 24.2 Å². The van der Waals surface area contributed by atoms with Gasteiger partial charge in [0.15, 0.2) is 24.3 Å². The standard InChI is InChI=1S/C17H21NO10/c1-8(19)25-7-12-14(26-9(2)20)15(27-10(3)21)13(17(23)28-12)18-16(22)11-5-4-6-24-11/h4-6,12-15,17,23H,7H2,1-3H3,(H,18,22)/t12-,13-,14-,15-,17+/m1/s1. The number of nitrogens with one attached hydrogen (secondary N) is 1. The largest absolute Gasteiger partial charge is 0.463 e. The number of aliphatic hydroxyl groups excluding tert-OH is 1. The fourth-order valence-corrected chi connectivity index (χ4v) is 2.70. The molecule has 0 aromatic carbocycles. The molecule has 1 aliphatic rings. The predicted octanol–water partition coefficient (Wildman–Crippen LogP) is -0.478. The highest BCUT2D eigenvalue weighted by molar-refractivity contribution is 5.91. The molecule has 0 spiro atoms. The Hall–Kier alpha value is -2.92. The quantitative estimate of drug-likeness (QED) is 0.474. The number of carbonyl (C=O) groups excluding carboxylic acids is 4. The number of hydrogen-bond donors (Lipinski definition) is 2. The second-order valence-electron chi connectivity index (χ2n) is 5.99. The van der Waals surface area contributed by atoms with Gasteiger partial charge >= 0.3 is 17.9 Å². The van der Waals surface area contributed by atoms with E-state index in [1.165, 1.54) is 18.4 Å². The molecule has 154 valence electrons. The van der Waals surface area contributed by atoms with Crippen LogP contribution in [0.5, 0.6) is 0 Å². The lowest BCUT2D eigenvalue weighted by atomic mass is 9.96. The molecule has 5 atom stereocenters. The van der Waals surface area contributed by atoms with Crippen molar-refractivity contribution < 1.29 is 47.6 Å². The van der Waals surface area contributed by atoms with Crippen molar-refractivity contribution in [3.63, 3.8) is 0 Å². The number of esters is 3.